The minimum absolute atomic E-state index is 0.0869. The summed E-state index contributed by atoms with van der Waals surface area (Å²) in [5.41, 5.74) is 1.12. The Balaban J connectivity index is 1.99. The monoisotopic (exact) mass is 318 g/mol. The lowest BCUT2D eigenvalue weighted by atomic mass is 10.0. The fourth-order valence-corrected chi connectivity index (χ4v) is 2.99. The van der Waals surface area contributed by atoms with Crippen LogP contribution in [0.4, 0.5) is 4.79 Å². The highest BCUT2D eigenvalue weighted by Crippen LogP contribution is 2.24. The summed E-state index contributed by atoms with van der Waals surface area (Å²) in [6, 6.07) is 9.78. The molecule has 0 bridgehead atoms. The van der Waals surface area contributed by atoms with E-state index in [1.54, 1.807) is 0 Å². The van der Waals surface area contributed by atoms with Gasteiger partial charge in [-0.05, 0) is 26.6 Å². The van der Waals surface area contributed by atoms with Crippen LogP contribution in [0.3, 0.4) is 0 Å². The van der Waals surface area contributed by atoms with Gasteiger partial charge in [-0.2, -0.15) is 0 Å². The second-order valence-corrected chi connectivity index (χ2v) is 6.14. The van der Waals surface area contributed by atoms with Crippen LogP contribution in [0.1, 0.15) is 18.9 Å². The molecule has 1 saturated heterocycles. The molecule has 0 aromatic heterocycles. The first-order valence-electron chi connectivity index (χ1n) is 8.03. The van der Waals surface area contributed by atoms with E-state index in [0.29, 0.717) is 26.1 Å². The van der Waals surface area contributed by atoms with Gasteiger partial charge >= 0.3 is 6.03 Å². The van der Waals surface area contributed by atoms with Crippen LogP contribution < -0.4 is 10.6 Å². The summed E-state index contributed by atoms with van der Waals surface area (Å²) in [5, 5.41) is 5.70. The van der Waals surface area contributed by atoms with Gasteiger partial charge in [0.2, 0.25) is 5.91 Å². The van der Waals surface area contributed by atoms with E-state index in [1.807, 2.05) is 61.2 Å². The van der Waals surface area contributed by atoms with Gasteiger partial charge in [0.15, 0.2) is 0 Å². The molecule has 2 unspecified atom stereocenters. The SMILES string of the molecule is CCNC(=O)NC(C1CC(=O)N(Cc2ccccc2)C1)N(C)C. The number of urea groups is 1. The summed E-state index contributed by atoms with van der Waals surface area (Å²) in [6.45, 7) is 3.74. The lowest BCUT2D eigenvalue weighted by Gasteiger charge is -2.30. The summed E-state index contributed by atoms with van der Waals surface area (Å²) >= 11 is 0. The van der Waals surface area contributed by atoms with E-state index in [1.165, 1.54) is 0 Å². The minimum atomic E-state index is -0.194. The van der Waals surface area contributed by atoms with Crippen molar-refractivity contribution in [3.05, 3.63) is 35.9 Å². The number of hydrogen-bond acceptors (Lipinski definition) is 3. The first kappa shape index (κ1) is 17.3. The van der Waals surface area contributed by atoms with Crippen molar-refractivity contribution >= 4 is 11.9 Å². The van der Waals surface area contributed by atoms with Crippen LogP contribution >= 0.6 is 0 Å². The molecule has 6 nitrogen and oxygen atoms in total. The summed E-state index contributed by atoms with van der Waals surface area (Å²) in [7, 11) is 3.84. The van der Waals surface area contributed by atoms with Gasteiger partial charge in [-0.1, -0.05) is 30.3 Å². The molecule has 1 aliphatic heterocycles. The third kappa shape index (κ3) is 4.69. The maximum atomic E-state index is 12.3. The predicted molar refractivity (Wildman–Crippen MR) is 89.6 cm³/mol. The zero-order valence-electron chi connectivity index (χ0n) is 14.1. The summed E-state index contributed by atoms with van der Waals surface area (Å²) in [6.07, 6.45) is 0.300. The molecule has 1 aromatic rings. The van der Waals surface area contributed by atoms with E-state index in [9.17, 15) is 9.59 Å². The number of rotatable bonds is 6. The van der Waals surface area contributed by atoms with Crippen molar-refractivity contribution in [2.24, 2.45) is 5.92 Å². The molecule has 3 amide bonds. The topological polar surface area (TPSA) is 64.7 Å². The van der Waals surface area contributed by atoms with E-state index in [2.05, 4.69) is 10.6 Å². The highest BCUT2D eigenvalue weighted by atomic mass is 16.2. The van der Waals surface area contributed by atoms with Gasteiger partial charge in [0.25, 0.3) is 0 Å². The van der Waals surface area contributed by atoms with Crippen molar-refractivity contribution in [1.82, 2.24) is 20.4 Å². The Hall–Kier alpha value is -2.08. The molecule has 2 atom stereocenters. The Morgan fingerprint density at radius 1 is 1.35 bits per heavy atom. The van der Waals surface area contributed by atoms with Gasteiger partial charge in [-0.15, -0.1) is 0 Å². The maximum Gasteiger partial charge on any atom is 0.316 e. The van der Waals surface area contributed by atoms with Crippen LogP contribution in [0.2, 0.25) is 0 Å². The lowest BCUT2D eigenvalue weighted by Crippen LogP contribution is -2.53. The summed E-state index contributed by atoms with van der Waals surface area (Å²) in [5.74, 6) is 0.229. The van der Waals surface area contributed by atoms with Crippen molar-refractivity contribution < 1.29 is 9.59 Å². The highest BCUT2D eigenvalue weighted by molar-refractivity contribution is 5.79. The van der Waals surface area contributed by atoms with Crippen LogP contribution in [0.5, 0.6) is 0 Å². The molecule has 2 rings (SSSR count). The molecule has 2 N–H and O–H groups in total. The highest BCUT2D eigenvalue weighted by Gasteiger charge is 2.36. The standard InChI is InChI=1S/C17H26N4O2/c1-4-18-17(23)19-16(20(2)3)14-10-15(22)21(12-14)11-13-8-6-5-7-9-13/h5-9,14,16H,4,10-12H2,1-3H3,(H2,18,19,23). The van der Waals surface area contributed by atoms with Gasteiger partial charge in [0, 0.05) is 32.0 Å². The predicted octanol–water partition coefficient (Wildman–Crippen LogP) is 1.24. The molecule has 23 heavy (non-hydrogen) atoms. The van der Waals surface area contributed by atoms with Crippen molar-refractivity contribution in [2.75, 3.05) is 27.2 Å². The van der Waals surface area contributed by atoms with E-state index in [0.717, 1.165) is 5.56 Å². The van der Waals surface area contributed by atoms with E-state index in [-0.39, 0.29) is 24.0 Å². The lowest BCUT2D eigenvalue weighted by molar-refractivity contribution is -0.128. The second-order valence-electron chi connectivity index (χ2n) is 6.14. The summed E-state index contributed by atoms with van der Waals surface area (Å²) < 4.78 is 0. The van der Waals surface area contributed by atoms with Crippen LogP contribution in [0.25, 0.3) is 0 Å². The fraction of sp³-hybridized carbons (Fsp3) is 0.529. The Bertz CT molecular complexity index is 533. The van der Waals surface area contributed by atoms with Gasteiger partial charge in [0.1, 0.15) is 0 Å². The van der Waals surface area contributed by atoms with Crippen molar-refractivity contribution in [3.8, 4) is 0 Å². The molecular formula is C17H26N4O2. The zero-order chi connectivity index (χ0) is 16.8. The van der Waals surface area contributed by atoms with Crippen molar-refractivity contribution in [2.45, 2.75) is 26.1 Å². The molecule has 0 saturated carbocycles. The number of benzene rings is 1. The molecule has 0 aliphatic carbocycles. The number of nitrogens with one attached hydrogen (secondary N) is 2. The Morgan fingerprint density at radius 3 is 2.65 bits per heavy atom. The van der Waals surface area contributed by atoms with Crippen LogP contribution in [-0.2, 0) is 11.3 Å². The smallest absolute Gasteiger partial charge is 0.316 e. The Kier molecular flexibility index (Phi) is 5.98. The Labute approximate surface area is 137 Å². The molecule has 126 valence electrons. The summed E-state index contributed by atoms with van der Waals surface area (Å²) in [4.78, 5) is 28.0. The van der Waals surface area contributed by atoms with E-state index >= 15 is 0 Å². The number of hydrogen-bond donors (Lipinski definition) is 2. The number of likely N-dealkylation sites (tertiary alicyclic amines) is 1. The van der Waals surface area contributed by atoms with E-state index < -0.39 is 0 Å². The third-order valence-electron chi connectivity index (χ3n) is 4.08. The quantitative estimate of drug-likeness (QED) is 0.776. The second kappa shape index (κ2) is 7.97. The molecule has 1 fully saturated rings. The van der Waals surface area contributed by atoms with Crippen LogP contribution in [0, 0.1) is 5.92 Å². The van der Waals surface area contributed by atoms with E-state index in [4.69, 9.17) is 0 Å². The van der Waals surface area contributed by atoms with Gasteiger partial charge in [-0.25, -0.2) is 4.79 Å². The molecule has 0 radical (unpaired) electrons. The molecule has 0 spiro atoms. The molecular weight excluding hydrogens is 292 g/mol. The minimum Gasteiger partial charge on any atom is -0.338 e. The molecule has 1 aliphatic rings. The molecule has 1 heterocycles. The zero-order valence-corrected chi connectivity index (χ0v) is 14.1. The number of carbonyl (C=O) groups is 2. The number of carbonyl (C=O) groups excluding carboxylic acids is 2. The van der Waals surface area contributed by atoms with Crippen molar-refractivity contribution in [1.29, 1.82) is 0 Å². The normalized spacial score (nSPS) is 19.0. The largest absolute Gasteiger partial charge is 0.338 e. The first-order valence-corrected chi connectivity index (χ1v) is 8.03. The average molecular weight is 318 g/mol. The fourth-order valence-electron chi connectivity index (χ4n) is 2.99. The number of nitrogens with zero attached hydrogens (tertiary/aromatic N) is 2. The van der Waals surface area contributed by atoms with Gasteiger partial charge in [-0.3, -0.25) is 9.69 Å². The van der Waals surface area contributed by atoms with Crippen LogP contribution in [-0.4, -0.2) is 55.1 Å². The number of amides is 3. The average Bonchev–Trinajstić information content (AvgIpc) is 2.86. The van der Waals surface area contributed by atoms with Gasteiger partial charge < -0.3 is 15.5 Å². The Morgan fingerprint density at radius 2 is 2.04 bits per heavy atom. The van der Waals surface area contributed by atoms with Crippen LogP contribution in [0.15, 0.2) is 30.3 Å². The molecule has 1 aromatic carbocycles. The van der Waals surface area contributed by atoms with Gasteiger partial charge in [0.05, 0.1) is 6.17 Å². The van der Waals surface area contributed by atoms with Crippen molar-refractivity contribution in [3.63, 3.8) is 0 Å². The molecule has 6 heteroatoms. The first-order chi connectivity index (χ1) is 11.0. The maximum absolute atomic E-state index is 12.3. The third-order valence-corrected chi connectivity index (χ3v) is 4.08.